The SMILES string of the molecule is Cc1cc(C(=O)CSc2nnc(-c3ccc(Br)cc3)o2)c(C)n1C1CC1. The zero-order valence-electron chi connectivity index (χ0n) is 14.5. The van der Waals surface area contributed by atoms with Crippen LogP contribution in [0.4, 0.5) is 0 Å². The largest absolute Gasteiger partial charge is 0.411 e. The predicted octanol–water partition coefficient (Wildman–Crippen LogP) is 5.23. The highest BCUT2D eigenvalue weighted by Gasteiger charge is 2.28. The maximum Gasteiger partial charge on any atom is 0.277 e. The molecule has 134 valence electrons. The van der Waals surface area contributed by atoms with Crippen LogP contribution in [0.15, 0.2) is 44.4 Å². The number of halogens is 1. The Hall–Kier alpha value is -1.86. The molecule has 1 aliphatic carbocycles. The molecule has 26 heavy (non-hydrogen) atoms. The topological polar surface area (TPSA) is 60.9 Å². The molecule has 0 spiro atoms. The van der Waals surface area contributed by atoms with Crippen LogP contribution in [0.25, 0.3) is 11.5 Å². The van der Waals surface area contributed by atoms with E-state index >= 15 is 0 Å². The van der Waals surface area contributed by atoms with Crippen molar-refractivity contribution in [2.24, 2.45) is 0 Å². The Morgan fingerprint density at radius 1 is 1.27 bits per heavy atom. The molecular formula is C19H18BrN3O2S. The van der Waals surface area contributed by atoms with Gasteiger partial charge in [0.25, 0.3) is 5.22 Å². The van der Waals surface area contributed by atoms with Crippen molar-refractivity contribution >= 4 is 33.5 Å². The summed E-state index contributed by atoms with van der Waals surface area (Å²) in [5.41, 5.74) is 3.88. The zero-order valence-corrected chi connectivity index (χ0v) is 16.9. The van der Waals surface area contributed by atoms with E-state index in [0.29, 0.717) is 17.2 Å². The van der Waals surface area contributed by atoms with Gasteiger partial charge in [0.05, 0.1) is 5.75 Å². The van der Waals surface area contributed by atoms with Gasteiger partial charge in [-0.25, -0.2) is 0 Å². The first-order valence-corrected chi connectivity index (χ1v) is 10.2. The van der Waals surface area contributed by atoms with Crippen molar-refractivity contribution in [2.75, 3.05) is 5.75 Å². The molecular weight excluding hydrogens is 414 g/mol. The van der Waals surface area contributed by atoms with E-state index < -0.39 is 0 Å². The molecule has 1 saturated carbocycles. The molecule has 2 aromatic heterocycles. The average molecular weight is 432 g/mol. The molecule has 4 rings (SSSR count). The first-order chi connectivity index (χ1) is 12.5. The van der Waals surface area contributed by atoms with Crippen molar-refractivity contribution in [1.29, 1.82) is 0 Å². The van der Waals surface area contributed by atoms with Gasteiger partial charge in [0.1, 0.15) is 0 Å². The Kier molecular flexibility index (Phi) is 4.75. The lowest BCUT2D eigenvalue weighted by atomic mass is 10.2. The van der Waals surface area contributed by atoms with Crippen LogP contribution in [0.3, 0.4) is 0 Å². The lowest BCUT2D eigenvalue weighted by molar-refractivity contribution is 0.102. The third-order valence-electron chi connectivity index (χ3n) is 4.52. The van der Waals surface area contributed by atoms with Gasteiger partial charge in [-0.15, -0.1) is 10.2 Å². The van der Waals surface area contributed by atoms with E-state index in [1.807, 2.05) is 37.3 Å². The molecule has 7 heteroatoms. The molecule has 0 bridgehead atoms. The van der Waals surface area contributed by atoms with Gasteiger partial charge in [-0.05, 0) is 57.0 Å². The summed E-state index contributed by atoms with van der Waals surface area (Å²) < 4.78 is 8.95. The van der Waals surface area contributed by atoms with Crippen molar-refractivity contribution in [3.8, 4) is 11.5 Å². The number of hydrogen-bond donors (Lipinski definition) is 0. The van der Waals surface area contributed by atoms with E-state index in [4.69, 9.17) is 4.42 Å². The molecule has 1 fully saturated rings. The van der Waals surface area contributed by atoms with Gasteiger partial charge >= 0.3 is 0 Å². The second-order valence-electron chi connectivity index (χ2n) is 6.48. The van der Waals surface area contributed by atoms with Crippen LogP contribution in [-0.4, -0.2) is 26.3 Å². The number of Topliss-reactive ketones (excluding diaryl/α,β-unsaturated/α-hetero) is 1. The van der Waals surface area contributed by atoms with Gasteiger partial charge in [0, 0.05) is 33.0 Å². The summed E-state index contributed by atoms with van der Waals surface area (Å²) in [7, 11) is 0. The van der Waals surface area contributed by atoms with E-state index in [1.165, 1.54) is 24.6 Å². The van der Waals surface area contributed by atoms with E-state index in [0.717, 1.165) is 27.0 Å². The number of benzene rings is 1. The molecule has 0 amide bonds. The monoisotopic (exact) mass is 431 g/mol. The summed E-state index contributed by atoms with van der Waals surface area (Å²) in [6.07, 6.45) is 2.42. The number of carbonyl (C=O) groups is 1. The van der Waals surface area contributed by atoms with Crippen molar-refractivity contribution < 1.29 is 9.21 Å². The average Bonchev–Trinajstić information content (AvgIpc) is 3.26. The van der Waals surface area contributed by atoms with Gasteiger partial charge in [0.15, 0.2) is 5.78 Å². The standard InChI is InChI=1S/C19H18BrN3O2S/c1-11-9-16(12(2)23(11)15-7-8-15)17(24)10-26-19-22-21-18(25-19)13-3-5-14(20)6-4-13/h3-6,9,15H,7-8,10H2,1-2H3. The van der Waals surface area contributed by atoms with Gasteiger partial charge in [-0.1, -0.05) is 27.7 Å². The summed E-state index contributed by atoms with van der Waals surface area (Å²) >= 11 is 4.68. The molecule has 0 N–H and O–H groups in total. The van der Waals surface area contributed by atoms with E-state index in [-0.39, 0.29) is 11.5 Å². The summed E-state index contributed by atoms with van der Waals surface area (Å²) in [5.74, 6) is 0.842. The fraction of sp³-hybridized carbons (Fsp3) is 0.316. The van der Waals surface area contributed by atoms with Crippen molar-refractivity contribution in [3.63, 3.8) is 0 Å². The highest BCUT2D eigenvalue weighted by atomic mass is 79.9. The van der Waals surface area contributed by atoms with Crippen LogP contribution in [0.2, 0.25) is 0 Å². The molecule has 0 aliphatic heterocycles. The number of aromatic nitrogens is 3. The normalized spacial score (nSPS) is 14.0. The number of thioether (sulfide) groups is 1. The minimum atomic E-state index is 0.0957. The van der Waals surface area contributed by atoms with Gasteiger partial charge < -0.3 is 8.98 Å². The third-order valence-corrected chi connectivity index (χ3v) is 5.87. The van der Waals surface area contributed by atoms with E-state index in [9.17, 15) is 4.79 Å². The predicted molar refractivity (Wildman–Crippen MR) is 105 cm³/mol. The minimum absolute atomic E-state index is 0.0957. The Labute approximate surface area is 164 Å². The van der Waals surface area contributed by atoms with Gasteiger partial charge in [0.2, 0.25) is 5.89 Å². The smallest absolute Gasteiger partial charge is 0.277 e. The summed E-state index contributed by atoms with van der Waals surface area (Å²) in [5, 5.41) is 8.52. The molecule has 1 aliphatic rings. The molecule has 0 saturated heterocycles. The highest BCUT2D eigenvalue weighted by Crippen LogP contribution is 2.38. The second kappa shape index (κ2) is 7.04. The summed E-state index contributed by atoms with van der Waals surface area (Å²) in [6.45, 7) is 4.10. The number of ketones is 1. The Morgan fingerprint density at radius 3 is 2.69 bits per heavy atom. The molecule has 2 heterocycles. The van der Waals surface area contributed by atoms with Gasteiger partial charge in [-0.3, -0.25) is 4.79 Å². The third kappa shape index (κ3) is 3.50. The first-order valence-electron chi connectivity index (χ1n) is 8.47. The number of aryl methyl sites for hydroxylation is 1. The quantitative estimate of drug-likeness (QED) is 0.395. The lowest BCUT2D eigenvalue weighted by Gasteiger charge is -2.07. The molecule has 3 aromatic rings. The maximum atomic E-state index is 12.6. The van der Waals surface area contributed by atoms with E-state index in [1.54, 1.807) is 0 Å². The minimum Gasteiger partial charge on any atom is -0.411 e. The maximum absolute atomic E-state index is 12.6. The fourth-order valence-corrected chi connectivity index (χ4v) is 4.05. The van der Waals surface area contributed by atoms with Crippen LogP contribution in [0.5, 0.6) is 0 Å². The Morgan fingerprint density at radius 2 is 2.00 bits per heavy atom. The van der Waals surface area contributed by atoms with Crippen LogP contribution in [0.1, 0.15) is 40.6 Å². The van der Waals surface area contributed by atoms with Crippen molar-refractivity contribution in [2.45, 2.75) is 38.0 Å². The van der Waals surface area contributed by atoms with Crippen molar-refractivity contribution in [1.82, 2.24) is 14.8 Å². The molecule has 5 nitrogen and oxygen atoms in total. The Bertz CT molecular complexity index is 958. The Balaban J connectivity index is 1.44. The summed E-state index contributed by atoms with van der Waals surface area (Å²) in [4.78, 5) is 12.6. The molecule has 1 aromatic carbocycles. The first kappa shape index (κ1) is 17.5. The molecule has 0 unspecified atom stereocenters. The number of carbonyl (C=O) groups excluding carboxylic acids is 1. The lowest BCUT2D eigenvalue weighted by Crippen LogP contribution is -2.05. The van der Waals surface area contributed by atoms with Crippen molar-refractivity contribution in [3.05, 3.63) is 51.8 Å². The zero-order chi connectivity index (χ0) is 18.3. The fourth-order valence-electron chi connectivity index (χ4n) is 3.14. The molecule has 0 atom stereocenters. The van der Waals surface area contributed by atoms with E-state index in [2.05, 4.69) is 37.6 Å². The van der Waals surface area contributed by atoms with Gasteiger partial charge in [-0.2, -0.15) is 0 Å². The molecule has 0 radical (unpaired) electrons. The number of nitrogens with zero attached hydrogens (tertiary/aromatic N) is 3. The number of hydrogen-bond acceptors (Lipinski definition) is 5. The number of rotatable bonds is 6. The second-order valence-corrected chi connectivity index (χ2v) is 8.32. The van der Waals surface area contributed by atoms with Crippen LogP contribution in [0, 0.1) is 13.8 Å². The summed E-state index contributed by atoms with van der Waals surface area (Å²) in [6, 6.07) is 10.2. The van der Waals surface area contributed by atoms with Crippen LogP contribution >= 0.6 is 27.7 Å². The van der Waals surface area contributed by atoms with Crippen LogP contribution < -0.4 is 0 Å². The van der Waals surface area contributed by atoms with Crippen LogP contribution in [-0.2, 0) is 0 Å². The highest BCUT2D eigenvalue weighted by molar-refractivity contribution is 9.10.